The number of nitrogens with zero attached hydrogens (tertiary/aromatic N) is 5. The van der Waals surface area contributed by atoms with Crippen LogP contribution in [0.25, 0.3) is 10.9 Å². The average Bonchev–Trinajstić information content (AvgIpc) is 3.13. The zero-order chi connectivity index (χ0) is 22.1. The van der Waals surface area contributed by atoms with E-state index in [1.807, 2.05) is 6.07 Å². The number of pyridine rings is 1. The maximum absolute atomic E-state index is 11.5. The fraction of sp³-hybridized carbons (Fsp3) is 0.409. The largest absolute Gasteiger partial charge is 0.368 e. The van der Waals surface area contributed by atoms with Crippen molar-refractivity contribution >= 4 is 34.5 Å². The van der Waals surface area contributed by atoms with E-state index in [-0.39, 0.29) is 23.9 Å². The summed E-state index contributed by atoms with van der Waals surface area (Å²) in [5.74, 6) is 2.08. The van der Waals surface area contributed by atoms with Crippen molar-refractivity contribution in [3.8, 4) is 0 Å². The highest BCUT2D eigenvalue weighted by Crippen LogP contribution is 2.32. The van der Waals surface area contributed by atoms with E-state index in [9.17, 15) is 4.79 Å². The lowest BCUT2D eigenvalue weighted by molar-refractivity contribution is -0.119. The van der Waals surface area contributed by atoms with Gasteiger partial charge in [-0.3, -0.25) is 4.79 Å². The molecule has 1 aliphatic heterocycles. The number of fused-ring (bicyclic) bond motifs is 1. The van der Waals surface area contributed by atoms with Gasteiger partial charge < -0.3 is 21.3 Å². The number of rotatable bonds is 5. The molecule has 0 unspecified atom stereocenters. The van der Waals surface area contributed by atoms with Gasteiger partial charge in [0.05, 0.1) is 11.6 Å². The minimum atomic E-state index is -0.117. The van der Waals surface area contributed by atoms with Gasteiger partial charge in [0.15, 0.2) is 0 Å². The Balaban J connectivity index is 1.71. The van der Waals surface area contributed by atoms with Crippen LogP contribution in [-0.2, 0) is 4.79 Å². The Labute approximate surface area is 181 Å². The molecule has 0 radical (unpaired) electrons. The van der Waals surface area contributed by atoms with Gasteiger partial charge in [0.1, 0.15) is 11.6 Å². The molecule has 0 saturated carbocycles. The number of anilines is 3. The standard InChI is InChI=1S/C22H28N8O/c1-12-5-6-19-16(9-12)10-18(13(2)24-22-26-14(3)25-21(23)29-22)20(28-19)30-8-7-17(11-30)27-15(4)31/h5-6,9-10,13,17H,7-8,11H2,1-4H3,(H,27,31)(H3,23,24,25,26,29)/t13-,17-/m0/s1. The molecule has 1 amide bonds. The molecule has 2 aromatic heterocycles. The van der Waals surface area contributed by atoms with Gasteiger partial charge in [-0.25, -0.2) is 4.98 Å². The number of hydrogen-bond acceptors (Lipinski definition) is 8. The first-order valence-electron chi connectivity index (χ1n) is 10.5. The molecule has 0 spiro atoms. The molecule has 0 aliphatic carbocycles. The SMILES string of the molecule is CC(=O)N[C@H]1CCN(c2nc3ccc(C)cc3cc2[C@H](C)Nc2nc(C)nc(N)n2)C1. The van der Waals surface area contributed by atoms with E-state index in [4.69, 9.17) is 10.7 Å². The highest BCUT2D eigenvalue weighted by atomic mass is 16.1. The lowest BCUT2D eigenvalue weighted by atomic mass is 10.0. The van der Waals surface area contributed by atoms with Gasteiger partial charge in [0.2, 0.25) is 17.8 Å². The van der Waals surface area contributed by atoms with E-state index in [0.717, 1.165) is 41.8 Å². The van der Waals surface area contributed by atoms with Crippen LogP contribution >= 0.6 is 0 Å². The van der Waals surface area contributed by atoms with Gasteiger partial charge in [-0.05, 0) is 45.4 Å². The van der Waals surface area contributed by atoms with Crippen molar-refractivity contribution in [3.05, 3.63) is 41.2 Å². The van der Waals surface area contributed by atoms with Crippen LogP contribution in [0.2, 0.25) is 0 Å². The molecule has 2 atom stereocenters. The number of benzene rings is 1. The third-order valence-electron chi connectivity index (χ3n) is 5.45. The predicted molar refractivity (Wildman–Crippen MR) is 122 cm³/mol. The summed E-state index contributed by atoms with van der Waals surface area (Å²) in [4.78, 5) is 31.3. The minimum Gasteiger partial charge on any atom is -0.368 e. The molecule has 1 aromatic carbocycles. The second-order valence-corrected chi connectivity index (χ2v) is 8.16. The summed E-state index contributed by atoms with van der Waals surface area (Å²) in [6.45, 7) is 9.02. The van der Waals surface area contributed by atoms with Crippen LogP contribution in [0.15, 0.2) is 24.3 Å². The molecule has 1 saturated heterocycles. The number of aryl methyl sites for hydroxylation is 2. The van der Waals surface area contributed by atoms with Crippen molar-refractivity contribution in [2.24, 2.45) is 0 Å². The van der Waals surface area contributed by atoms with Crippen molar-refractivity contribution in [1.82, 2.24) is 25.3 Å². The maximum Gasteiger partial charge on any atom is 0.228 e. The second kappa shape index (κ2) is 8.33. The van der Waals surface area contributed by atoms with E-state index >= 15 is 0 Å². The summed E-state index contributed by atoms with van der Waals surface area (Å²) >= 11 is 0. The van der Waals surface area contributed by atoms with Crippen LogP contribution in [0.4, 0.5) is 17.7 Å². The van der Waals surface area contributed by atoms with Crippen molar-refractivity contribution in [2.45, 2.75) is 46.2 Å². The van der Waals surface area contributed by atoms with Crippen molar-refractivity contribution in [1.29, 1.82) is 0 Å². The third-order valence-corrected chi connectivity index (χ3v) is 5.45. The predicted octanol–water partition coefficient (Wildman–Crippen LogP) is 2.51. The van der Waals surface area contributed by atoms with E-state index in [2.05, 4.69) is 62.5 Å². The molecular formula is C22H28N8O. The zero-order valence-electron chi connectivity index (χ0n) is 18.3. The number of nitrogens with two attached hydrogens (primary N) is 1. The van der Waals surface area contributed by atoms with Crippen molar-refractivity contribution in [3.63, 3.8) is 0 Å². The van der Waals surface area contributed by atoms with Crippen LogP contribution in [0.5, 0.6) is 0 Å². The van der Waals surface area contributed by atoms with Crippen LogP contribution in [-0.4, -0.2) is 45.0 Å². The molecular weight excluding hydrogens is 392 g/mol. The average molecular weight is 421 g/mol. The summed E-state index contributed by atoms with van der Waals surface area (Å²) in [6, 6.07) is 8.43. The first kappa shape index (κ1) is 20.8. The Morgan fingerprint density at radius 2 is 2.00 bits per heavy atom. The molecule has 31 heavy (non-hydrogen) atoms. The summed E-state index contributed by atoms with van der Waals surface area (Å²) in [7, 11) is 0. The Bertz CT molecular complexity index is 1110. The molecule has 9 heteroatoms. The van der Waals surface area contributed by atoms with E-state index in [0.29, 0.717) is 11.8 Å². The molecule has 0 bridgehead atoms. The zero-order valence-corrected chi connectivity index (χ0v) is 18.3. The molecule has 9 nitrogen and oxygen atoms in total. The maximum atomic E-state index is 11.5. The number of amides is 1. The van der Waals surface area contributed by atoms with Gasteiger partial charge in [0, 0.05) is 37.0 Å². The monoisotopic (exact) mass is 420 g/mol. The van der Waals surface area contributed by atoms with E-state index in [1.54, 1.807) is 13.8 Å². The number of hydrogen-bond donors (Lipinski definition) is 3. The lowest BCUT2D eigenvalue weighted by Crippen LogP contribution is -2.36. The Morgan fingerprint density at radius 1 is 1.19 bits per heavy atom. The van der Waals surface area contributed by atoms with Gasteiger partial charge in [-0.2, -0.15) is 15.0 Å². The summed E-state index contributed by atoms with van der Waals surface area (Å²) < 4.78 is 0. The third kappa shape index (κ3) is 4.65. The number of nitrogen functional groups attached to an aromatic ring is 1. The fourth-order valence-corrected chi connectivity index (χ4v) is 4.07. The van der Waals surface area contributed by atoms with E-state index < -0.39 is 0 Å². The Kier molecular flexibility index (Phi) is 5.58. The fourth-order valence-electron chi connectivity index (χ4n) is 4.07. The highest BCUT2D eigenvalue weighted by molar-refractivity contribution is 5.83. The topological polar surface area (TPSA) is 122 Å². The van der Waals surface area contributed by atoms with E-state index in [1.165, 1.54) is 5.56 Å². The summed E-state index contributed by atoms with van der Waals surface area (Å²) in [6.07, 6.45) is 0.887. The molecule has 3 heterocycles. The molecule has 162 valence electrons. The Hall–Kier alpha value is -3.49. The van der Waals surface area contributed by atoms with Gasteiger partial charge in [-0.15, -0.1) is 0 Å². The Morgan fingerprint density at radius 3 is 2.74 bits per heavy atom. The van der Waals surface area contributed by atoms with Crippen molar-refractivity contribution in [2.75, 3.05) is 29.0 Å². The van der Waals surface area contributed by atoms with Gasteiger partial charge in [-0.1, -0.05) is 11.6 Å². The number of carbonyl (C=O) groups is 1. The summed E-state index contributed by atoms with van der Waals surface area (Å²) in [5, 5.41) is 7.45. The quantitative estimate of drug-likeness (QED) is 0.575. The second-order valence-electron chi connectivity index (χ2n) is 8.16. The molecule has 1 fully saturated rings. The smallest absolute Gasteiger partial charge is 0.228 e. The first-order chi connectivity index (χ1) is 14.8. The molecule has 4 rings (SSSR count). The first-order valence-corrected chi connectivity index (χ1v) is 10.5. The van der Waals surface area contributed by atoms with Crippen LogP contribution < -0.4 is 21.3 Å². The van der Waals surface area contributed by atoms with Crippen molar-refractivity contribution < 1.29 is 4.79 Å². The lowest BCUT2D eigenvalue weighted by Gasteiger charge is -2.25. The molecule has 3 aromatic rings. The van der Waals surface area contributed by atoms with Gasteiger partial charge in [0.25, 0.3) is 0 Å². The van der Waals surface area contributed by atoms with Crippen LogP contribution in [0, 0.1) is 13.8 Å². The normalized spacial score (nSPS) is 17.0. The molecule has 4 N–H and O–H groups in total. The van der Waals surface area contributed by atoms with Gasteiger partial charge >= 0.3 is 0 Å². The highest BCUT2D eigenvalue weighted by Gasteiger charge is 2.27. The summed E-state index contributed by atoms with van der Waals surface area (Å²) in [5.41, 5.74) is 8.96. The van der Waals surface area contributed by atoms with Crippen LogP contribution in [0.1, 0.15) is 43.3 Å². The van der Waals surface area contributed by atoms with Crippen LogP contribution in [0.3, 0.4) is 0 Å². The molecule has 1 aliphatic rings. The number of nitrogens with one attached hydrogen (secondary N) is 2. The number of aromatic nitrogens is 4. The minimum absolute atomic E-state index is 0.00755. The number of carbonyl (C=O) groups excluding carboxylic acids is 1.